The van der Waals surface area contributed by atoms with Gasteiger partial charge < -0.3 is 0 Å². The van der Waals surface area contributed by atoms with Gasteiger partial charge in [-0.1, -0.05) is 0 Å². The summed E-state index contributed by atoms with van der Waals surface area (Å²) >= 11 is -2.12. The van der Waals surface area contributed by atoms with Gasteiger partial charge in [-0.3, -0.25) is 0 Å². The second-order valence-corrected chi connectivity index (χ2v) is 19.5. The molecule has 16 heavy (non-hydrogen) atoms. The molecule has 0 saturated carbocycles. The number of hydrogen-bond acceptors (Lipinski definition) is 2. The Morgan fingerprint density at radius 1 is 1.31 bits per heavy atom. The topological polar surface area (TPSA) is 27.1 Å². The molecular formula is C12H16N2OSn. The molecule has 0 saturated heterocycles. The van der Waals surface area contributed by atoms with E-state index in [0.29, 0.717) is 0 Å². The monoisotopic (exact) mass is 324 g/mol. The Kier molecular flexibility index (Phi) is 2.21. The first-order valence-electron chi connectivity index (χ1n) is 5.70. The quantitative estimate of drug-likeness (QED) is 0.751. The fraction of sp³-hybridized carbons (Fsp3) is 0.417. The van der Waals surface area contributed by atoms with E-state index < -0.39 is 18.4 Å². The van der Waals surface area contributed by atoms with E-state index in [0.717, 1.165) is 18.9 Å². The molecule has 0 amide bonds. The summed E-state index contributed by atoms with van der Waals surface area (Å²) in [4.78, 5) is 7.23. The number of hydrogen-bond donors (Lipinski definition) is 0. The molecule has 1 aliphatic rings. The molecule has 1 aromatic heterocycles. The second kappa shape index (κ2) is 3.39. The van der Waals surface area contributed by atoms with Gasteiger partial charge in [0.25, 0.3) is 0 Å². The number of aromatic nitrogens is 2. The fourth-order valence-electron chi connectivity index (χ4n) is 2.28. The van der Waals surface area contributed by atoms with E-state index in [4.69, 9.17) is 9.84 Å². The Bertz CT molecular complexity index is 554. The third kappa shape index (κ3) is 1.44. The van der Waals surface area contributed by atoms with Gasteiger partial charge in [0.1, 0.15) is 0 Å². The zero-order valence-corrected chi connectivity index (χ0v) is 12.8. The molecule has 0 radical (unpaired) electrons. The Morgan fingerprint density at radius 2 is 2.12 bits per heavy atom. The zero-order valence-electron chi connectivity index (χ0n) is 9.95. The van der Waals surface area contributed by atoms with Crippen LogP contribution in [0.1, 0.15) is 0 Å². The predicted octanol–water partition coefficient (Wildman–Crippen LogP) is 1.97. The van der Waals surface area contributed by atoms with Gasteiger partial charge in [-0.2, -0.15) is 0 Å². The Morgan fingerprint density at radius 3 is 2.88 bits per heavy atom. The number of nitrogens with zero attached hydrogens (tertiary/aromatic N) is 2. The molecule has 2 heterocycles. The minimum absolute atomic E-state index is 0.743. The van der Waals surface area contributed by atoms with Gasteiger partial charge in [-0.25, -0.2) is 0 Å². The molecule has 0 aliphatic carbocycles. The van der Waals surface area contributed by atoms with Crippen LogP contribution in [0.25, 0.3) is 10.9 Å². The van der Waals surface area contributed by atoms with Gasteiger partial charge >= 0.3 is 99.4 Å². The molecule has 0 N–H and O–H groups in total. The summed E-state index contributed by atoms with van der Waals surface area (Å²) in [6.07, 6.45) is 0. The first kappa shape index (κ1) is 10.4. The third-order valence-corrected chi connectivity index (χ3v) is 8.11. The molecule has 1 aliphatic heterocycles. The van der Waals surface area contributed by atoms with Crippen LogP contribution < -0.4 is 8.45 Å². The van der Waals surface area contributed by atoms with Crippen LogP contribution in [0.4, 0.5) is 0 Å². The van der Waals surface area contributed by atoms with Crippen LogP contribution in [-0.4, -0.2) is 34.8 Å². The standard InChI is InChI=1S/C9H7N2O.3CH3.Sn/c1-2-7-6-10-11-4-5-12-8(3-1)9(7)11;;;;/h1-3H,4-5H2;3*1H3;. The van der Waals surface area contributed by atoms with Gasteiger partial charge in [0, 0.05) is 0 Å². The average Bonchev–Trinajstić information content (AvgIpc) is 2.60. The predicted molar refractivity (Wildman–Crippen MR) is 68.2 cm³/mol. The molecule has 84 valence electrons. The molecule has 0 atom stereocenters. The Hall–Kier alpha value is -0.711. The molecular weight excluding hydrogens is 307 g/mol. The maximum atomic E-state index is 5.68. The minimum atomic E-state index is -2.12. The van der Waals surface area contributed by atoms with Crippen LogP contribution in [-0.2, 0) is 6.54 Å². The fourth-order valence-corrected chi connectivity index (χ4v) is 6.36. The zero-order chi connectivity index (χ0) is 11.3. The average molecular weight is 323 g/mol. The van der Waals surface area contributed by atoms with Crippen molar-refractivity contribution in [2.75, 3.05) is 6.61 Å². The first-order valence-corrected chi connectivity index (χ1v) is 15.7. The van der Waals surface area contributed by atoms with Gasteiger partial charge in [0.15, 0.2) is 0 Å². The number of ether oxygens (including phenoxy) is 1. The molecule has 4 heteroatoms. The van der Waals surface area contributed by atoms with Crippen molar-refractivity contribution in [2.24, 2.45) is 0 Å². The van der Waals surface area contributed by atoms with Crippen LogP contribution in [0, 0.1) is 0 Å². The van der Waals surface area contributed by atoms with E-state index >= 15 is 0 Å². The van der Waals surface area contributed by atoms with Crippen LogP contribution in [0.5, 0.6) is 5.75 Å². The molecule has 0 spiro atoms. The van der Waals surface area contributed by atoms with E-state index in [9.17, 15) is 0 Å². The number of benzene rings is 1. The van der Waals surface area contributed by atoms with E-state index in [-0.39, 0.29) is 0 Å². The van der Waals surface area contributed by atoms with Crippen LogP contribution in [0.3, 0.4) is 0 Å². The van der Waals surface area contributed by atoms with Crippen LogP contribution in [0.2, 0.25) is 14.8 Å². The molecule has 0 fully saturated rings. The van der Waals surface area contributed by atoms with Crippen molar-refractivity contribution in [1.29, 1.82) is 0 Å². The van der Waals surface area contributed by atoms with Crippen molar-refractivity contribution in [2.45, 2.75) is 21.4 Å². The Balaban J connectivity index is 2.39. The van der Waals surface area contributed by atoms with Gasteiger partial charge in [-0.15, -0.1) is 0 Å². The first-order chi connectivity index (χ1) is 7.57. The summed E-state index contributed by atoms with van der Waals surface area (Å²) in [5, 5.41) is 6.14. The third-order valence-electron chi connectivity index (χ3n) is 3.00. The van der Waals surface area contributed by atoms with Crippen molar-refractivity contribution < 1.29 is 4.74 Å². The summed E-state index contributed by atoms with van der Waals surface area (Å²) in [6.45, 7) is 1.63. The summed E-state index contributed by atoms with van der Waals surface area (Å²) in [5.74, 6) is 0.998. The molecule has 3 nitrogen and oxygen atoms in total. The molecule has 1 aromatic carbocycles. The molecule has 2 aromatic rings. The normalized spacial score (nSPS) is 15.2. The van der Waals surface area contributed by atoms with Gasteiger partial charge in [-0.05, 0) is 0 Å². The van der Waals surface area contributed by atoms with E-state index in [1.165, 1.54) is 14.6 Å². The summed E-state index contributed by atoms with van der Waals surface area (Å²) < 4.78 is 9.19. The van der Waals surface area contributed by atoms with Crippen LogP contribution in [0.15, 0.2) is 18.2 Å². The SMILES string of the molecule is [CH3][Sn]([CH3])([CH3])[c]1nn2c3c(cccc13)OCC2. The van der Waals surface area contributed by atoms with Crippen molar-refractivity contribution in [3.05, 3.63) is 18.2 Å². The van der Waals surface area contributed by atoms with E-state index in [2.05, 4.69) is 31.6 Å². The van der Waals surface area contributed by atoms with Crippen molar-refractivity contribution in [3.63, 3.8) is 0 Å². The summed E-state index contributed by atoms with van der Waals surface area (Å²) in [6, 6.07) is 6.31. The summed E-state index contributed by atoms with van der Waals surface area (Å²) in [5.41, 5.74) is 1.20. The van der Waals surface area contributed by atoms with Gasteiger partial charge in [0.2, 0.25) is 0 Å². The molecule has 0 bridgehead atoms. The maximum absolute atomic E-state index is 5.68. The number of para-hydroxylation sites is 1. The summed E-state index contributed by atoms with van der Waals surface area (Å²) in [7, 11) is 0. The molecule has 0 unspecified atom stereocenters. The van der Waals surface area contributed by atoms with Crippen molar-refractivity contribution in [3.8, 4) is 5.75 Å². The van der Waals surface area contributed by atoms with E-state index in [1.807, 2.05) is 6.07 Å². The van der Waals surface area contributed by atoms with E-state index in [1.54, 1.807) is 0 Å². The Labute approximate surface area is 99.3 Å². The second-order valence-electron chi connectivity index (χ2n) is 5.32. The molecule has 3 rings (SSSR count). The number of rotatable bonds is 1. The van der Waals surface area contributed by atoms with Crippen LogP contribution >= 0.6 is 0 Å². The van der Waals surface area contributed by atoms with Crippen molar-refractivity contribution in [1.82, 2.24) is 9.78 Å². The van der Waals surface area contributed by atoms with Crippen molar-refractivity contribution >= 4 is 33.0 Å². The van der Waals surface area contributed by atoms with Gasteiger partial charge in [0.05, 0.1) is 0 Å².